The molecular weight excluding hydrogens is 202 g/mol. The number of hydrogen-bond acceptors (Lipinski definition) is 2. The molecule has 4 nitrogen and oxygen atoms in total. The number of hydrogen-bond donors (Lipinski definition) is 1. The van der Waals surface area contributed by atoms with E-state index in [9.17, 15) is 4.79 Å². The lowest BCUT2D eigenvalue weighted by Crippen LogP contribution is -2.13. The molecule has 2 aromatic rings. The molecule has 1 aliphatic rings. The average molecular weight is 215 g/mol. The first-order valence-corrected chi connectivity index (χ1v) is 5.54. The van der Waals surface area contributed by atoms with Gasteiger partial charge in [-0.2, -0.15) is 0 Å². The van der Waals surface area contributed by atoms with Crippen LogP contribution in [-0.2, 0) is 13.0 Å². The second kappa shape index (κ2) is 3.63. The van der Waals surface area contributed by atoms with Gasteiger partial charge in [-0.1, -0.05) is 0 Å². The van der Waals surface area contributed by atoms with Gasteiger partial charge < -0.3 is 9.55 Å². The van der Waals surface area contributed by atoms with Crippen LogP contribution in [0.2, 0.25) is 0 Å². The smallest absolute Gasteiger partial charge is 0.164 e. The third kappa shape index (κ3) is 1.46. The Morgan fingerprint density at radius 3 is 3.19 bits per heavy atom. The molecule has 4 heteroatoms. The van der Waals surface area contributed by atoms with Gasteiger partial charge in [0.1, 0.15) is 5.82 Å². The monoisotopic (exact) mass is 215 g/mol. The Morgan fingerprint density at radius 2 is 2.38 bits per heavy atom. The number of H-pyrrole nitrogens is 1. The van der Waals surface area contributed by atoms with E-state index in [1.807, 2.05) is 18.5 Å². The molecule has 0 bridgehead atoms. The summed E-state index contributed by atoms with van der Waals surface area (Å²) in [7, 11) is 0. The Balaban J connectivity index is 1.94. The van der Waals surface area contributed by atoms with Crippen molar-refractivity contribution in [2.45, 2.75) is 25.8 Å². The Kier molecular flexibility index (Phi) is 2.13. The Hall–Kier alpha value is -1.84. The van der Waals surface area contributed by atoms with Gasteiger partial charge in [0.25, 0.3) is 0 Å². The van der Waals surface area contributed by atoms with Gasteiger partial charge >= 0.3 is 0 Å². The summed E-state index contributed by atoms with van der Waals surface area (Å²) in [5.74, 6) is 1.20. The molecule has 2 heterocycles. The van der Waals surface area contributed by atoms with E-state index < -0.39 is 0 Å². The quantitative estimate of drug-likeness (QED) is 0.830. The predicted octanol–water partition coefficient (Wildman–Crippen LogP) is 1.78. The predicted molar refractivity (Wildman–Crippen MR) is 59.4 cm³/mol. The van der Waals surface area contributed by atoms with Gasteiger partial charge in [0.2, 0.25) is 0 Å². The van der Waals surface area contributed by atoms with Gasteiger partial charge in [0.15, 0.2) is 5.78 Å². The summed E-state index contributed by atoms with van der Waals surface area (Å²) in [4.78, 5) is 18.9. The summed E-state index contributed by atoms with van der Waals surface area (Å²) in [6.07, 6.45) is 8.20. The van der Waals surface area contributed by atoms with Crippen LogP contribution in [0.4, 0.5) is 0 Å². The number of aromatic nitrogens is 3. The van der Waals surface area contributed by atoms with Crippen molar-refractivity contribution in [2.75, 3.05) is 0 Å². The first kappa shape index (κ1) is 9.39. The standard InChI is InChI=1S/C12H13N3O/c16-11-3-1-2-10-9(11)4-7-15(10)8-12-13-5-6-14-12/h4-7H,1-3,8H2,(H,13,14). The Bertz CT molecular complexity index is 510. The molecule has 16 heavy (non-hydrogen) atoms. The van der Waals surface area contributed by atoms with Gasteiger partial charge in [0, 0.05) is 36.3 Å². The number of ketones is 1. The van der Waals surface area contributed by atoms with E-state index in [-0.39, 0.29) is 5.78 Å². The molecule has 0 fully saturated rings. The number of nitrogens with one attached hydrogen (secondary N) is 1. The molecule has 0 spiro atoms. The summed E-state index contributed by atoms with van der Waals surface area (Å²) in [5, 5.41) is 0. The third-order valence-electron chi connectivity index (χ3n) is 3.07. The average Bonchev–Trinajstić information content (AvgIpc) is 2.90. The van der Waals surface area contributed by atoms with Crippen molar-refractivity contribution in [3.63, 3.8) is 0 Å². The number of fused-ring (bicyclic) bond motifs is 1. The van der Waals surface area contributed by atoms with E-state index in [1.165, 1.54) is 0 Å². The molecule has 0 aliphatic heterocycles. The maximum Gasteiger partial charge on any atom is 0.164 e. The second-order valence-electron chi connectivity index (χ2n) is 4.12. The fourth-order valence-corrected chi connectivity index (χ4v) is 2.28. The molecule has 82 valence electrons. The molecule has 0 unspecified atom stereocenters. The summed E-state index contributed by atoms with van der Waals surface area (Å²) in [6, 6.07) is 1.93. The maximum absolute atomic E-state index is 11.7. The minimum atomic E-state index is 0.277. The highest BCUT2D eigenvalue weighted by atomic mass is 16.1. The van der Waals surface area contributed by atoms with E-state index in [0.717, 1.165) is 36.5 Å². The molecule has 0 atom stereocenters. The third-order valence-corrected chi connectivity index (χ3v) is 3.07. The molecule has 0 aromatic carbocycles. The summed E-state index contributed by atoms with van der Waals surface area (Å²) in [6.45, 7) is 0.718. The van der Waals surface area contributed by atoms with Crippen molar-refractivity contribution < 1.29 is 4.79 Å². The van der Waals surface area contributed by atoms with Crippen LogP contribution in [0.5, 0.6) is 0 Å². The molecule has 3 rings (SSSR count). The highest BCUT2D eigenvalue weighted by Gasteiger charge is 2.20. The lowest BCUT2D eigenvalue weighted by Gasteiger charge is -2.14. The van der Waals surface area contributed by atoms with E-state index in [2.05, 4.69) is 14.5 Å². The van der Waals surface area contributed by atoms with Crippen LogP contribution in [0, 0.1) is 0 Å². The Morgan fingerprint density at radius 1 is 1.44 bits per heavy atom. The highest BCUT2D eigenvalue weighted by molar-refractivity contribution is 5.98. The lowest BCUT2D eigenvalue weighted by atomic mass is 9.97. The van der Waals surface area contributed by atoms with Crippen LogP contribution < -0.4 is 0 Å². The maximum atomic E-state index is 11.7. The van der Waals surface area contributed by atoms with Crippen molar-refractivity contribution in [3.8, 4) is 0 Å². The largest absolute Gasteiger partial charge is 0.347 e. The van der Waals surface area contributed by atoms with Gasteiger partial charge in [-0.25, -0.2) is 4.98 Å². The summed E-state index contributed by atoms with van der Waals surface area (Å²) < 4.78 is 2.12. The number of carbonyl (C=O) groups excluding carboxylic acids is 1. The number of imidazole rings is 1. The van der Waals surface area contributed by atoms with Crippen molar-refractivity contribution in [1.29, 1.82) is 0 Å². The molecule has 0 saturated heterocycles. The zero-order chi connectivity index (χ0) is 11.0. The molecule has 1 N–H and O–H groups in total. The first-order valence-electron chi connectivity index (χ1n) is 5.54. The number of Topliss-reactive ketones (excluding diaryl/α,β-unsaturated/α-hetero) is 1. The molecule has 1 aliphatic carbocycles. The fourth-order valence-electron chi connectivity index (χ4n) is 2.28. The van der Waals surface area contributed by atoms with Crippen LogP contribution >= 0.6 is 0 Å². The topological polar surface area (TPSA) is 50.7 Å². The van der Waals surface area contributed by atoms with Crippen molar-refractivity contribution in [2.24, 2.45) is 0 Å². The Labute approximate surface area is 93.3 Å². The SMILES string of the molecule is O=C1CCCc2c1ccn2Cc1ncc[nH]1. The lowest BCUT2D eigenvalue weighted by molar-refractivity contribution is 0.0972. The second-order valence-corrected chi connectivity index (χ2v) is 4.12. The first-order chi connectivity index (χ1) is 7.84. The van der Waals surface area contributed by atoms with Crippen LogP contribution in [0.1, 0.15) is 34.7 Å². The molecule has 0 amide bonds. The molecule has 0 radical (unpaired) electrons. The summed E-state index contributed by atoms with van der Waals surface area (Å²) in [5.41, 5.74) is 2.06. The van der Waals surface area contributed by atoms with E-state index in [1.54, 1.807) is 6.20 Å². The van der Waals surface area contributed by atoms with Gasteiger partial charge in [-0.15, -0.1) is 0 Å². The minimum absolute atomic E-state index is 0.277. The van der Waals surface area contributed by atoms with Crippen LogP contribution in [0.15, 0.2) is 24.7 Å². The molecular formula is C12H13N3O. The minimum Gasteiger partial charge on any atom is -0.347 e. The van der Waals surface area contributed by atoms with Crippen LogP contribution in [0.25, 0.3) is 0 Å². The van der Waals surface area contributed by atoms with Crippen LogP contribution in [0.3, 0.4) is 0 Å². The van der Waals surface area contributed by atoms with Crippen molar-refractivity contribution >= 4 is 5.78 Å². The number of aromatic amines is 1. The zero-order valence-electron chi connectivity index (χ0n) is 8.94. The number of carbonyl (C=O) groups is 1. The van der Waals surface area contributed by atoms with Gasteiger partial charge in [0.05, 0.1) is 6.54 Å². The number of nitrogens with zero attached hydrogens (tertiary/aromatic N) is 2. The van der Waals surface area contributed by atoms with E-state index in [4.69, 9.17) is 0 Å². The number of rotatable bonds is 2. The molecule has 2 aromatic heterocycles. The van der Waals surface area contributed by atoms with E-state index in [0.29, 0.717) is 6.42 Å². The normalized spacial score (nSPS) is 15.1. The van der Waals surface area contributed by atoms with Crippen molar-refractivity contribution in [3.05, 3.63) is 41.7 Å². The van der Waals surface area contributed by atoms with E-state index >= 15 is 0 Å². The zero-order valence-corrected chi connectivity index (χ0v) is 8.94. The highest BCUT2D eigenvalue weighted by Crippen LogP contribution is 2.22. The molecule has 0 saturated carbocycles. The van der Waals surface area contributed by atoms with Crippen LogP contribution in [-0.4, -0.2) is 20.3 Å². The van der Waals surface area contributed by atoms with Gasteiger partial charge in [-0.3, -0.25) is 4.79 Å². The summed E-state index contributed by atoms with van der Waals surface area (Å²) >= 11 is 0. The fraction of sp³-hybridized carbons (Fsp3) is 0.333. The van der Waals surface area contributed by atoms with Crippen molar-refractivity contribution in [1.82, 2.24) is 14.5 Å². The van der Waals surface area contributed by atoms with Gasteiger partial charge in [-0.05, 0) is 18.9 Å².